The number of anilines is 1. The van der Waals surface area contributed by atoms with Crippen molar-refractivity contribution in [2.24, 2.45) is 0 Å². The van der Waals surface area contributed by atoms with Crippen LogP contribution in [0.5, 0.6) is 5.75 Å². The van der Waals surface area contributed by atoms with Gasteiger partial charge < -0.3 is 14.8 Å². The third-order valence-electron chi connectivity index (χ3n) is 4.46. The molecule has 0 unspecified atom stereocenters. The van der Waals surface area contributed by atoms with E-state index in [2.05, 4.69) is 10.4 Å². The summed E-state index contributed by atoms with van der Waals surface area (Å²) in [5, 5.41) is 7.98. The average molecular weight is 384 g/mol. The van der Waals surface area contributed by atoms with Crippen molar-refractivity contribution in [1.82, 2.24) is 9.78 Å². The lowest BCUT2D eigenvalue weighted by Gasteiger charge is -2.24. The van der Waals surface area contributed by atoms with Crippen LogP contribution < -0.4 is 10.1 Å². The van der Waals surface area contributed by atoms with E-state index in [-0.39, 0.29) is 12.0 Å². The van der Waals surface area contributed by atoms with E-state index in [1.807, 2.05) is 28.9 Å². The number of ether oxygens (including phenoxy) is 2. The Kier molecular flexibility index (Phi) is 4.83. The minimum Gasteiger partial charge on any atom is -0.497 e. The quantitative estimate of drug-likeness (QED) is 0.737. The second kappa shape index (κ2) is 7.42. The van der Waals surface area contributed by atoms with Crippen LogP contribution in [-0.2, 0) is 17.9 Å². The Balaban J connectivity index is 1.47. The minimum atomic E-state index is -0.259. The van der Waals surface area contributed by atoms with E-state index in [1.165, 1.54) is 0 Å². The van der Waals surface area contributed by atoms with Gasteiger partial charge in [-0.05, 0) is 48.0 Å². The third kappa shape index (κ3) is 3.82. The number of benzene rings is 2. The summed E-state index contributed by atoms with van der Waals surface area (Å²) in [5.74, 6) is 0.473. The molecule has 0 bridgehead atoms. The maximum absolute atomic E-state index is 12.5. The number of nitrogens with one attached hydrogen (secondary N) is 1. The van der Waals surface area contributed by atoms with E-state index >= 15 is 0 Å². The maximum Gasteiger partial charge on any atom is 0.276 e. The molecule has 1 aliphatic rings. The summed E-state index contributed by atoms with van der Waals surface area (Å²) in [5.41, 5.74) is 2.95. The Morgan fingerprint density at radius 1 is 1.22 bits per heavy atom. The predicted octanol–water partition coefficient (Wildman–Crippen LogP) is 4.07. The first-order chi connectivity index (χ1) is 13.1. The number of nitrogens with zero attached hydrogens (tertiary/aromatic N) is 2. The summed E-state index contributed by atoms with van der Waals surface area (Å²) in [6.07, 6.45) is -0.118. The standard InChI is InChI=1S/C20H18ClN3O3/c1-26-17-8-6-15(7-9-17)22-20(25)18-10-16-12-27-19(11-24(16)23-18)13-2-4-14(21)5-3-13/h2-10,19H,11-12H2,1H3,(H,22,25)/t19-/m0/s1. The van der Waals surface area contributed by atoms with Gasteiger partial charge in [0.25, 0.3) is 5.91 Å². The largest absolute Gasteiger partial charge is 0.497 e. The second-order valence-electron chi connectivity index (χ2n) is 6.24. The topological polar surface area (TPSA) is 65.4 Å². The van der Waals surface area contributed by atoms with E-state index in [0.29, 0.717) is 29.6 Å². The van der Waals surface area contributed by atoms with E-state index < -0.39 is 0 Å². The van der Waals surface area contributed by atoms with Crippen molar-refractivity contribution >= 4 is 23.2 Å². The van der Waals surface area contributed by atoms with Crippen molar-refractivity contribution in [3.63, 3.8) is 0 Å². The fourth-order valence-corrected chi connectivity index (χ4v) is 3.11. The van der Waals surface area contributed by atoms with Crippen molar-refractivity contribution in [1.29, 1.82) is 0 Å². The van der Waals surface area contributed by atoms with Crippen LogP contribution >= 0.6 is 11.6 Å². The summed E-state index contributed by atoms with van der Waals surface area (Å²) in [6.45, 7) is 0.947. The Hall–Kier alpha value is -2.83. The van der Waals surface area contributed by atoms with Gasteiger partial charge in [0.15, 0.2) is 5.69 Å². The maximum atomic E-state index is 12.5. The molecule has 1 amide bonds. The number of hydrogen-bond acceptors (Lipinski definition) is 4. The number of methoxy groups -OCH3 is 1. The van der Waals surface area contributed by atoms with E-state index in [0.717, 1.165) is 17.0 Å². The molecular weight excluding hydrogens is 366 g/mol. The zero-order valence-electron chi connectivity index (χ0n) is 14.7. The van der Waals surface area contributed by atoms with Gasteiger partial charge in [0.2, 0.25) is 0 Å². The van der Waals surface area contributed by atoms with Gasteiger partial charge in [-0.15, -0.1) is 0 Å². The summed E-state index contributed by atoms with van der Waals surface area (Å²) in [4.78, 5) is 12.5. The Morgan fingerprint density at radius 3 is 2.67 bits per heavy atom. The minimum absolute atomic E-state index is 0.118. The molecule has 4 rings (SSSR count). The number of hydrogen-bond donors (Lipinski definition) is 1. The van der Waals surface area contributed by atoms with E-state index in [1.54, 1.807) is 37.4 Å². The summed E-state index contributed by atoms with van der Waals surface area (Å²) in [6, 6.07) is 16.5. The van der Waals surface area contributed by atoms with Crippen LogP contribution in [0, 0.1) is 0 Å². The highest BCUT2D eigenvalue weighted by atomic mass is 35.5. The van der Waals surface area contributed by atoms with Gasteiger partial charge in [-0.1, -0.05) is 23.7 Å². The zero-order chi connectivity index (χ0) is 18.8. The van der Waals surface area contributed by atoms with Crippen LogP contribution in [0.25, 0.3) is 0 Å². The molecule has 138 valence electrons. The van der Waals surface area contributed by atoms with Gasteiger partial charge in [0.1, 0.15) is 11.9 Å². The molecule has 0 saturated carbocycles. The number of halogens is 1. The van der Waals surface area contributed by atoms with Gasteiger partial charge in [0.05, 0.1) is 26.0 Å². The van der Waals surface area contributed by atoms with Crippen LogP contribution in [0.3, 0.4) is 0 Å². The lowest BCUT2D eigenvalue weighted by Crippen LogP contribution is -2.22. The molecule has 1 N–H and O–H groups in total. The van der Waals surface area contributed by atoms with Crippen LogP contribution in [-0.4, -0.2) is 22.8 Å². The summed E-state index contributed by atoms with van der Waals surface area (Å²) in [7, 11) is 1.60. The van der Waals surface area contributed by atoms with Crippen LogP contribution in [0.15, 0.2) is 54.6 Å². The molecular formula is C20H18ClN3O3. The van der Waals surface area contributed by atoms with Crippen LogP contribution in [0.2, 0.25) is 5.02 Å². The van der Waals surface area contributed by atoms with Gasteiger partial charge >= 0.3 is 0 Å². The lowest BCUT2D eigenvalue weighted by molar-refractivity contribution is -0.00118. The van der Waals surface area contributed by atoms with Gasteiger partial charge in [0, 0.05) is 10.7 Å². The number of carbonyl (C=O) groups is 1. The first kappa shape index (κ1) is 17.6. The highest BCUT2D eigenvalue weighted by Gasteiger charge is 2.24. The average Bonchev–Trinajstić information content (AvgIpc) is 3.13. The molecule has 0 saturated heterocycles. The normalized spacial score (nSPS) is 15.9. The number of rotatable bonds is 4. The van der Waals surface area contributed by atoms with Gasteiger partial charge in [-0.3, -0.25) is 9.48 Å². The molecule has 1 atom stereocenters. The number of carbonyl (C=O) groups excluding carboxylic acids is 1. The molecule has 1 aromatic heterocycles. The third-order valence-corrected chi connectivity index (χ3v) is 4.71. The monoisotopic (exact) mass is 383 g/mol. The molecule has 0 aliphatic carbocycles. The molecule has 3 aromatic rings. The Bertz CT molecular complexity index is 952. The van der Waals surface area contributed by atoms with Crippen LogP contribution in [0.4, 0.5) is 5.69 Å². The molecule has 0 fully saturated rings. The van der Waals surface area contributed by atoms with Crippen molar-refractivity contribution in [2.75, 3.05) is 12.4 Å². The fraction of sp³-hybridized carbons (Fsp3) is 0.200. The van der Waals surface area contributed by atoms with E-state index in [4.69, 9.17) is 21.1 Å². The molecule has 2 heterocycles. The first-order valence-corrected chi connectivity index (χ1v) is 8.89. The molecule has 7 heteroatoms. The fourth-order valence-electron chi connectivity index (χ4n) is 2.98. The number of amides is 1. The highest BCUT2D eigenvalue weighted by Crippen LogP contribution is 2.27. The molecule has 1 aliphatic heterocycles. The highest BCUT2D eigenvalue weighted by molar-refractivity contribution is 6.30. The van der Waals surface area contributed by atoms with E-state index in [9.17, 15) is 4.79 Å². The van der Waals surface area contributed by atoms with Gasteiger partial charge in [-0.25, -0.2) is 0 Å². The Morgan fingerprint density at radius 2 is 1.96 bits per heavy atom. The second-order valence-corrected chi connectivity index (χ2v) is 6.67. The van der Waals surface area contributed by atoms with Crippen LogP contribution in [0.1, 0.15) is 27.8 Å². The molecule has 27 heavy (non-hydrogen) atoms. The molecule has 6 nitrogen and oxygen atoms in total. The van der Waals surface area contributed by atoms with Gasteiger partial charge in [-0.2, -0.15) is 5.10 Å². The Labute approximate surface area is 161 Å². The summed E-state index contributed by atoms with van der Waals surface area (Å²) < 4.78 is 12.9. The first-order valence-electron chi connectivity index (χ1n) is 8.51. The number of aromatic nitrogens is 2. The van der Waals surface area contributed by atoms with Crippen molar-refractivity contribution < 1.29 is 14.3 Å². The molecule has 0 radical (unpaired) electrons. The molecule has 2 aromatic carbocycles. The van der Waals surface area contributed by atoms with Crippen molar-refractivity contribution in [3.8, 4) is 5.75 Å². The van der Waals surface area contributed by atoms with Crippen molar-refractivity contribution in [2.45, 2.75) is 19.3 Å². The lowest BCUT2D eigenvalue weighted by atomic mass is 10.1. The number of fused-ring (bicyclic) bond motifs is 1. The molecule has 0 spiro atoms. The predicted molar refractivity (Wildman–Crippen MR) is 102 cm³/mol. The summed E-state index contributed by atoms with van der Waals surface area (Å²) >= 11 is 5.94. The van der Waals surface area contributed by atoms with Crippen molar-refractivity contribution in [3.05, 3.63) is 76.6 Å². The SMILES string of the molecule is COc1ccc(NC(=O)c2cc3n(n2)C[C@@H](c2ccc(Cl)cc2)OC3)cc1. The smallest absolute Gasteiger partial charge is 0.276 e. The zero-order valence-corrected chi connectivity index (χ0v) is 15.4.